The zero-order chi connectivity index (χ0) is 12.2. The Bertz CT molecular complexity index is 299. The van der Waals surface area contributed by atoms with Gasteiger partial charge in [0.1, 0.15) is 11.4 Å². The van der Waals surface area contributed by atoms with Crippen molar-refractivity contribution < 1.29 is 17.3 Å². The molecule has 0 radical (unpaired) electrons. The average Bonchev–Trinajstić information content (AvgIpc) is 2.53. The smallest absolute Gasteiger partial charge is 0.272 e. The summed E-state index contributed by atoms with van der Waals surface area (Å²) >= 11 is 0. The van der Waals surface area contributed by atoms with Gasteiger partial charge in [-0.3, -0.25) is 4.18 Å². The fourth-order valence-electron chi connectivity index (χ4n) is 1.72. The lowest BCUT2D eigenvalue weighted by molar-refractivity contribution is 0.0188. The van der Waals surface area contributed by atoms with Gasteiger partial charge in [-0.05, 0) is 12.3 Å². The maximum absolute atomic E-state index is 11.6. The van der Waals surface area contributed by atoms with Crippen LogP contribution in [-0.2, 0) is 19.0 Å². The maximum Gasteiger partial charge on any atom is 0.272 e. The molecular formula is C11H22O4S. The van der Waals surface area contributed by atoms with Crippen LogP contribution in [0.5, 0.6) is 0 Å². The van der Waals surface area contributed by atoms with Crippen molar-refractivity contribution >= 4 is 10.1 Å². The van der Waals surface area contributed by atoms with Crippen LogP contribution in [0.4, 0.5) is 0 Å². The van der Waals surface area contributed by atoms with Crippen LogP contribution in [0.15, 0.2) is 0 Å². The van der Waals surface area contributed by atoms with Gasteiger partial charge in [-0.2, -0.15) is 8.42 Å². The summed E-state index contributed by atoms with van der Waals surface area (Å²) in [6.45, 7) is 6.96. The molecule has 1 aliphatic rings. The first-order valence-corrected chi connectivity index (χ1v) is 7.48. The van der Waals surface area contributed by atoms with E-state index in [1.807, 2.05) is 6.92 Å². The van der Waals surface area contributed by atoms with Gasteiger partial charge in [0.15, 0.2) is 0 Å². The molecule has 0 aliphatic carbocycles. The summed E-state index contributed by atoms with van der Waals surface area (Å²) in [6, 6.07) is 0. The van der Waals surface area contributed by atoms with Gasteiger partial charge in [0.05, 0.1) is 6.61 Å². The number of ether oxygens (including phenoxy) is 1. The fourth-order valence-corrected chi connectivity index (χ4v) is 3.27. The lowest BCUT2D eigenvalue weighted by atomic mass is 10.1. The van der Waals surface area contributed by atoms with E-state index >= 15 is 0 Å². The van der Waals surface area contributed by atoms with Gasteiger partial charge in [0, 0.05) is 6.61 Å². The summed E-state index contributed by atoms with van der Waals surface area (Å²) in [7, 11) is -3.38. The van der Waals surface area contributed by atoms with E-state index in [-0.39, 0.29) is 12.7 Å². The van der Waals surface area contributed by atoms with Crippen LogP contribution in [0, 0.1) is 5.92 Å². The number of rotatable bonds is 6. The molecule has 3 unspecified atom stereocenters. The molecule has 1 fully saturated rings. The van der Waals surface area contributed by atoms with Crippen LogP contribution < -0.4 is 0 Å². The third-order valence-corrected chi connectivity index (χ3v) is 4.79. The van der Waals surface area contributed by atoms with Crippen LogP contribution in [0.1, 0.15) is 40.0 Å². The highest BCUT2D eigenvalue weighted by Crippen LogP contribution is 2.25. The van der Waals surface area contributed by atoms with Gasteiger partial charge in [-0.25, -0.2) is 0 Å². The Morgan fingerprint density at radius 3 is 2.69 bits per heavy atom. The van der Waals surface area contributed by atoms with Crippen molar-refractivity contribution in [1.82, 2.24) is 0 Å². The van der Waals surface area contributed by atoms with Gasteiger partial charge in [0.25, 0.3) is 10.1 Å². The monoisotopic (exact) mass is 250 g/mol. The molecule has 0 amide bonds. The summed E-state index contributed by atoms with van der Waals surface area (Å²) in [5.41, 5.74) is 0. The highest BCUT2D eigenvalue weighted by atomic mass is 32.2. The normalized spacial score (nSPS) is 30.4. The van der Waals surface area contributed by atoms with E-state index in [1.54, 1.807) is 0 Å². The van der Waals surface area contributed by atoms with Crippen LogP contribution in [0.3, 0.4) is 0 Å². The number of hydrogen-bond acceptors (Lipinski definition) is 4. The van der Waals surface area contributed by atoms with E-state index in [1.165, 1.54) is 0 Å². The van der Waals surface area contributed by atoms with Crippen molar-refractivity contribution in [1.29, 1.82) is 0 Å². The Morgan fingerprint density at radius 2 is 2.12 bits per heavy atom. The van der Waals surface area contributed by atoms with Gasteiger partial charge in [-0.15, -0.1) is 0 Å². The van der Waals surface area contributed by atoms with Gasteiger partial charge >= 0.3 is 0 Å². The van der Waals surface area contributed by atoms with E-state index in [0.717, 1.165) is 12.8 Å². The topological polar surface area (TPSA) is 52.6 Å². The van der Waals surface area contributed by atoms with Crippen molar-refractivity contribution in [3.8, 4) is 0 Å². The van der Waals surface area contributed by atoms with Crippen LogP contribution in [-0.4, -0.2) is 33.0 Å². The second kappa shape index (κ2) is 5.98. The standard InChI is InChI=1S/C11H22O4S/c1-4-6-11-10(8-15-16(11,12)13)14-7-9(3)5-2/h9-11H,4-8H2,1-3H3. The van der Waals surface area contributed by atoms with Gasteiger partial charge < -0.3 is 4.74 Å². The maximum atomic E-state index is 11.6. The molecule has 5 heteroatoms. The van der Waals surface area contributed by atoms with Crippen molar-refractivity contribution in [3.05, 3.63) is 0 Å². The Hall–Kier alpha value is -0.130. The Kier molecular flexibility index (Phi) is 5.21. The molecule has 3 atom stereocenters. The average molecular weight is 250 g/mol. The largest absolute Gasteiger partial charge is 0.374 e. The highest BCUT2D eigenvalue weighted by Gasteiger charge is 2.41. The molecule has 96 valence electrons. The number of hydrogen-bond donors (Lipinski definition) is 0. The minimum Gasteiger partial charge on any atom is -0.374 e. The first-order chi connectivity index (χ1) is 7.51. The summed E-state index contributed by atoms with van der Waals surface area (Å²) in [6.07, 6.45) is 2.21. The summed E-state index contributed by atoms with van der Waals surface area (Å²) < 4.78 is 33.6. The van der Waals surface area contributed by atoms with Gasteiger partial charge in [-0.1, -0.05) is 33.6 Å². The van der Waals surface area contributed by atoms with Gasteiger partial charge in [0.2, 0.25) is 0 Å². The van der Waals surface area contributed by atoms with E-state index in [2.05, 4.69) is 13.8 Å². The quantitative estimate of drug-likeness (QED) is 0.676. The van der Waals surface area contributed by atoms with Crippen molar-refractivity contribution in [2.45, 2.75) is 51.4 Å². The predicted octanol–water partition coefficient (Wildman–Crippen LogP) is 1.95. The molecule has 0 aromatic carbocycles. The molecule has 0 spiro atoms. The van der Waals surface area contributed by atoms with Crippen molar-refractivity contribution in [3.63, 3.8) is 0 Å². The Labute approximate surface area is 98.4 Å². The van der Waals surface area contributed by atoms with Crippen LogP contribution in [0.2, 0.25) is 0 Å². The lowest BCUT2D eigenvalue weighted by Crippen LogP contribution is -2.31. The third kappa shape index (κ3) is 3.43. The summed E-state index contributed by atoms with van der Waals surface area (Å²) in [5.74, 6) is 0.464. The van der Waals surface area contributed by atoms with E-state index in [4.69, 9.17) is 8.92 Å². The van der Waals surface area contributed by atoms with E-state index in [9.17, 15) is 8.42 Å². The minimum absolute atomic E-state index is 0.184. The molecule has 1 saturated heterocycles. The first kappa shape index (κ1) is 13.9. The van der Waals surface area contributed by atoms with E-state index in [0.29, 0.717) is 18.9 Å². The van der Waals surface area contributed by atoms with Crippen molar-refractivity contribution in [2.75, 3.05) is 13.2 Å². The molecule has 1 heterocycles. The molecule has 0 aromatic rings. The van der Waals surface area contributed by atoms with E-state index < -0.39 is 15.4 Å². The zero-order valence-electron chi connectivity index (χ0n) is 10.3. The third-order valence-electron chi connectivity index (χ3n) is 3.05. The summed E-state index contributed by atoms with van der Waals surface area (Å²) in [5, 5.41) is -0.471. The molecule has 0 aromatic heterocycles. The molecular weight excluding hydrogens is 228 g/mol. The molecule has 0 saturated carbocycles. The molecule has 1 rings (SSSR count). The SMILES string of the molecule is CCCC1C(OCC(C)CC)COS1(=O)=O. The molecule has 1 aliphatic heterocycles. The lowest BCUT2D eigenvalue weighted by Gasteiger charge is -2.18. The predicted molar refractivity (Wildman–Crippen MR) is 62.8 cm³/mol. The molecule has 16 heavy (non-hydrogen) atoms. The van der Waals surface area contributed by atoms with Crippen LogP contribution >= 0.6 is 0 Å². The second-order valence-electron chi connectivity index (χ2n) is 4.49. The van der Waals surface area contributed by atoms with Crippen LogP contribution in [0.25, 0.3) is 0 Å². The zero-order valence-corrected chi connectivity index (χ0v) is 11.1. The minimum atomic E-state index is -3.38. The highest BCUT2D eigenvalue weighted by molar-refractivity contribution is 7.87. The molecule has 0 bridgehead atoms. The summed E-state index contributed by atoms with van der Waals surface area (Å²) in [4.78, 5) is 0. The molecule has 4 nitrogen and oxygen atoms in total. The first-order valence-electron chi connectivity index (χ1n) is 6.01. The Balaban J connectivity index is 2.53. The van der Waals surface area contributed by atoms with Crippen molar-refractivity contribution in [2.24, 2.45) is 5.92 Å². The second-order valence-corrected chi connectivity index (χ2v) is 6.32. The molecule has 0 N–H and O–H groups in total. The Morgan fingerprint density at radius 1 is 1.44 bits per heavy atom. The fraction of sp³-hybridized carbons (Fsp3) is 1.00.